The minimum absolute atomic E-state index is 0.0275. The van der Waals surface area contributed by atoms with Gasteiger partial charge in [-0.3, -0.25) is 0 Å². The molecule has 0 atom stereocenters. The second-order valence-electron chi connectivity index (χ2n) is 16.3. The van der Waals surface area contributed by atoms with Gasteiger partial charge in [0.2, 0.25) is 8.32 Å². The number of benzene rings is 3. The lowest BCUT2D eigenvalue weighted by atomic mass is 9.99. The van der Waals surface area contributed by atoms with Gasteiger partial charge in [-0.15, -0.1) is 5.10 Å². The molecule has 0 N–H and O–H groups in total. The molecule has 2 heterocycles. The van der Waals surface area contributed by atoms with Crippen LogP contribution in [0.4, 0.5) is 0 Å². The van der Waals surface area contributed by atoms with Crippen molar-refractivity contribution in [2.45, 2.75) is 105 Å². The lowest BCUT2D eigenvalue weighted by Gasteiger charge is -2.39. The van der Waals surface area contributed by atoms with E-state index < -0.39 is 16.6 Å². The Bertz CT molecular complexity index is 1870. The van der Waals surface area contributed by atoms with Crippen LogP contribution in [0.3, 0.4) is 0 Å². The molecule has 0 saturated heterocycles. The number of ether oxygens (including phenoxy) is 3. The molecule has 5 rings (SSSR count). The summed E-state index contributed by atoms with van der Waals surface area (Å²) in [7, 11) is -4.49. The van der Waals surface area contributed by atoms with Gasteiger partial charge < -0.3 is 23.1 Å². The number of esters is 1. The number of fused-ring (bicyclic) bond motifs is 1. The van der Waals surface area contributed by atoms with Gasteiger partial charge in [0.05, 0.1) is 24.4 Å². The second kappa shape index (κ2) is 14.5. The van der Waals surface area contributed by atoms with E-state index in [1.807, 2.05) is 35.0 Å². The van der Waals surface area contributed by atoms with Crippen molar-refractivity contribution in [1.29, 1.82) is 0 Å². The summed E-state index contributed by atoms with van der Waals surface area (Å²) in [6, 6.07) is 17.7. The molecule has 0 radical (unpaired) electrons. The van der Waals surface area contributed by atoms with Gasteiger partial charge in [-0.05, 0) is 97.1 Å². The van der Waals surface area contributed by atoms with Crippen molar-refractivity contribution in [1.82, 2.24) is 15.0 Å². The van der Waals surface area contributed by atoms with Gasteiger partial charge in [-0.25, -0.2) is 9.48 Å². The Morgan fingerprint density at radius 3 is 2.00 bits per heavy atom. The summed E-state index contributed by atoms with van der Waals surface area (Å²) < 4.78 is 33.2. The van der Waals surface area contributed by atoms with Crippen LogP contribution in [0, 0.1) is 0 Å². The Morgan fingerprint density at radius 2 is 1.41 bits per heavy atom. The maximum atomic E-state index is 12.3. The van der Waals surface area contributed by atoms with Crippen molar-refractivity contribution in [3.63, 3.8) is 0 Å². The van der Waals surface area contributed by atoms with E-state index in [0.717, 1.165) is 45.9 Å². The Hall–Kier alpha value is -4.10. The Morgan fingerprint density at radius 1 is 0.804 bits per heavy atom. The lowest BCUT2D eigenvalue weighted by molar-refractivity contribution is 0.0526. The average molecular weight is 730 g/mol. The van der Waals surface area contributed by atoms with Crippen molar-refractivity contribution < 1.29 is 27.9 Å². The molecule has 1 aliphatic heterocycles. The third kappa shape index (κ3) is 8.20. The van der Waals surface area contributed by atoms with E-state index in [0.29, 0.717) is 49.1 Å². The predicted molar refractivity (Wildman–Crippen MR) is 208 cm³/mol. The Balaban J connectivity index is 1.71. The molecule has 0 spiro atoms. The summed E-state index contributed by atoms with van der Waals surface area (Å²) >= 11 is 0. The number of aromatic nitrogens is 3. The van der Waals surface area contributed by atoms with Gasteiger partial charge in [0, 0.05) is 17.2 Å². The highest BCUT2D eigenvalue weighted by molar-refractivity contribution is 6.75. The molecule has 9 nitrogen and oxygen atoms in total. The minimum Gasteiger partial charge on any atom is -0.543 e. The molecule has 11 heteroatoms. The van der Waals surface area contributed by atoms with E-state index in [1.165, 1.54) is 0 Å². The molecule has 0 saturated carbocycles. The van der Waals surface area contributed by atoms with E-state index in [2.05, 4.69) is 86.8 Å². The van der Waals surface area contributed by atoms with Crippen molar-refractivity contribution in [3.05, 3.63) is 71.3 Å². The summed E-state index contributed by atoms with van der Waals surface area (Å²) in [4.78, 5) is 12.3. The smallest absolute Gasteiger partial charge is 0.338 e. The van der Waals surface area contributed by atoms with Gasteiger partial charge in [0.25, 0.3) is 8.32 Å². The largest absolute Gasteiger partial charge is 0.543 e. The van der Waals surface area contributed by atoms with Crippen molar-refractivity contribution >= 4 is 22.6 Å². The second-order valence-corrected chi connectivity index (χ2v) is 25.7. The van der Waals surface area contributed by atoms with Crippen LogP contribution < -0.4 is 18.3 Å². The Labute approximate surface area is 305 Å². The van der Waals surface area contributed by atoms with Gasteiger partial charge in [0.1, 0.15) is 30.4 Å². The molecule has 0 amide bonds. The van der Waals surface area contributed by atoms with Gasteiger partial charge in [-0.1, -0.05) is 65.8 Å². The monoisotopic (exact) mass is 729 g/mol. The number of carbonyl (C=O) groups excluding carboxylic acids is 1. The van der Waals surface area contributed by atoms with Crippen LogP contribution in [0.2, 0.25) is 36.3 Å². The molecule has 0 fully saturated rings. The fourth-order valence-corrected chi connectivity index (χ4v) is 7.39. The highest BCUT2D eigenvalue weighted by atomic mass is 28.4. The van der Waals surface area contributed by atoms with E-state index in [-0.39, 0.29) is 16.0 Å². The molecule has 0 bridgehead atoms. The van der Waals surface area contributed by atoms with Crippen LogP contribution in [0.25, 0.3) is 22.5 Å². The zero-order chi connectivity index (χ0) is 37.4. The molecule has 274 valence electrons. The average Bonchev–Trinajstić information content (AvgIpc) is 3.46. The summed E-state index contributed by atoms with van der Waals surface area (Å²) in [5.41, 5.74) is 5.84. The maximum absolute atomic E-state index is 12.3. The normalized spacial score (nSPS) is 13.6. The van der Waals surface area contributed by atoms with Crippen molar-refractivity contribution in [2.24, 2.45) is 0 Å². The van der Waals surface area contributed by atoms with E-state index in [9.17, 15) is 4.79 Å². The first-order valence-corrected chi connectivity index (χ1v) is 23.8. The number of carbonyl (C=O) groups is 1. The van der Waals surface area contributed by atoms with Crippen LogP contribution in [0.5, 0.6) is 23.0 Å². The zero-order valence-corrected chi connectivity index (χ0v) is 34.5. The van der Waals surface area contributed by atoms with Gasteiger partial charge in [-0.2, -0.15) is 0 Å². The maximum Gasteiger partial charge on any atom is 0.338 e. The SMILES string of the molecule is CCOC(=O)c1ccc(Cn2nnc(-c3cc(CC)c(O[Si](C)(C)C(C)(C)C)cc3O[Si](C)(C)C(C)(C)C)c2-c2ccc3c(c2)OCCO3)cc1. The van der Waals surface area contributed by atoms with Gasteiger partial charge in [0.15, 0.2) is 11.5 Å². The topological polar surface area (TPSA) is 93.9 Å². The predicted octanol–water partition coefficient (Wildman–Crippen LogP) is 9.94. The number of aryl methyl sites for hydroxylation is 1. The van der Waals surface area contributed by atoms with Crippen LogP contribution in [-0.4, -0.2) is 57.4 Å². The van der Waals surface area contributed by atoms with Crippen LogP contribution in [0.15, 0.2) is 54.6 Å². The third-order valence-corrected chi connectivity index (χ3v) is 19.2. The van der Waals surface area contributed by atoms with Crippen molar-refractivity contribution in [2.75, 3.05) is 19.8 Å². The summed E-state index contributed by atoms with van der Waals surface area (Å²) in [6.45, 7) is 28.3. The summed E-state index contributed by atoms with van der Waals surface area (Å²) in [5, 5.41) is 9.62. The third-order valence-electron chi connectivity index (χ3n) is 10.5. The molecular formula is C40H55N3O6Si2. The first-order valence-electron chi connectivity index (χ1n) is 18.0. The molecule has 0 aliphatic carbocycles. The summed E-state index contributed by atoms with van der Waals surface area (Å²) in [6.07, 6.45) is 0.775. The molecule has 0 unspecified atom stereocenters. The standard InChI is InChI=1S/C40H55N3O6Si2/c1-13-28-23-31(34(49-51(11,12)40(6,7)8)25-33(28)48-50(9,10)39(3,4)5)36-37(30-19-20-32-35(24-30)47-22-21-46-32)43(42-41-36)26-27-15-17-29(18-16-27)38(44)45-14-2/h15-20,23-25H,13-14,21-22,26H2,1-12H3. The zero-order valence-electron chi connectivity index (χ0n) is 32.5. The van der Waals surface area contributed by atoms with Crippen LogP contribution in [-0.2, 0) is 17.7 Å². The molecular weight excluding hydrogens is 675 g/mol. The number of hydrogen-bond donors (Lipinski definition) is 0. The van der Waals surface area contributed by atoms with Crippen LogP contribution >= 0.6 is 0 Å². The number of hydrogen-bond acceptors (Lipinski definition) is 8. The Kier molecular flexibility index (Phi) is 10.8. The number of nitrogens with zero attached hydrogens (tertiary/aromatic N) is 3. The highest BCUT2D eigenvalue weighted by Gasteiger charge is 2.42. The molecule has 1 aromatic heterocycles. The van der Waals surface area contributed by atoms with E-state index >= 15 is 0 Å². The molecule has 1 aliphatic rings. The van der Waals surface area contributed by atoms with Crippen molar-refractivity contribution in [3.8, 4) is 45.5 Å². The van der Waals surface area contributed by atoms with Crippen LogP contribution in [0.1, 0.15) is 76.9 Å². The molecule has 4 aromatic rings. The fourth-order valence-electron chi connectivity index (χ4n) is 5.32. The fraction of sp³-hybridized carbons (Fsp3) is 0.475. The van der Waals surface area contributed by atoms with E-state index in [1.54, 1.807) is 19.1 Å². The first kappa shape index (κ1) is 38.1. The van der Waals surface area contributed by atoms with Gasteiger partial charge >= 0.3 is 5.97 Å². The number of rotatable bonds is 11. The minimum atomic E-state index is -2.32. The summed E-state index contributed by atoms with van der Waals surface area (Å²) in [5.74, 6) is 2.67. The quantitative estimate of drug-likeness (QED) is 0.111. The molecule has 3 aromatic carbocycles. The highest BCUT2D eigenvalue weighted by Crippen LogP contribution is 2.47. The first-order chi connectivity index (χ1) is 23.8. The molecule has 51 heavy (non-hydrogen) atoms. The van der Waals surface area contributed by atoms with E-state index in [4.69, 9.17) is 33.4 Å². The lowest BCUT2D eigenvalue weighted by Crippen LogP contribution is -2.44.